The molecule has 5 heteroatoms. The molecule has 0 fully saturated rings. The summed E-state index contributed by atoms with van der Waals surface area (Å²) < 4.78 is 1.44. The fraction of sp³-hybridized carbons (Fsp3) is 0.0909. The van der Waals surface area contributed by atoms with Crippen LogP contribution in [0.2, 0.25) is 5.02 Å². The summed E-state index contributed by atoms with van der Waals surface area (Å²) in [4.78, 5) is 10.8. The van der Waals surface area contributed by atoms with Gasteiger partial charge in [-0.25, -0.2) is 4.79 Å². The molecular formula is C11H9ClN2O2. The highest BCUT2D eigenvalue weighted by molar-refractivity contribution is 6.30. The molecule has 1 aromatic carbocycles. The summed E-state index contributed by atoms with van der Waals surface area (Å²) in [5.41, 5.74) is 1.13. The largest absolute Gasteiger partial charge is 0.477 e. The van der Waals surface area contributed by atoms with E-state index < -0.39 is 5.97 Å². The molecule has 16 heavy (non-hydrogen) atoms. The van der Waals surface area contributed by atoms with Gasteiger partial charge in [0, 0.05) is 11.2 Å². The van der Waals surface area contributed by atoms with Crippen LogP contribution in [0.5, 0.6) is 0 Å². The Bertz CT molecular complexity index is 505. The van der Waals surface area contributed by atoms with Crippen molar-refractivity contribution in [3.8, 4) is 0 Å². The summed E-state index contributed by atoms with van der Waals surface area (Å²) >= 11 is 5.76. The van der Waals surface area contributed by atoms with Crippen LogP contribution in [0.25, 0.3) is 0 Å². The minimum Gasteiger partial charge on any atom is -0.477 e. The monoisotopic (exact) mass is 236 g/mol. The number of aromatic nitrogens is 2. The second kappa shape index (κ2) is 4.37. The Morgan fingerprint density at radius 2 is 2.00 bits per heavy atom. The second-order valence-corrected chi connectivity index (χ2v) is 3.74. The van der Waals surface area contributed by atoms with Crippen molar-refractivity contribution in [1.29, 1.82) is 0 Å². The van der Waals surface area contributed by atoms with Gasteiger partial charge < -0.3 is 5.11 Å². The molecule has 0 spiro atoms. The summed E-state index contributed by atoms with van der Waals surface area (Å²) in [6, 6.07) is 8.69. The van der Waals surface area contributed by atoms with Crippen LogP contribution in [0, 0.1) is 0 Å². The number of benzene rings is 1. The number of carbonyl (C=O) groups is 1. The smallest absolute Gasteiger partial charge is 0.354 e. The Labute approximate surface area is 97.1 Å². The van der Waals surface area contributed by atoms with Crippen LogP contribution in [-0.2, 0) is 6.54 Å². The molecule has 0 radical (unpaired) electrons. The Balaban J connectivity index is 2.23. The van der Waals surface area contributed by atoms with Gasteiger partial charge in [-0.3, -0.25) is 4.68 Å². The molecule has 0 aliphatic carbocycles. The third-order valence-corrected chi connectivity index (χ3v) is 2.43. The van der Waals surface area contributed by atoms with E-state index >= 15 is 0 Å². The lowest BCUT2D eigenvalue weighted by molar-refractivity contribution is 0.0684. The minimum atomic E-state index is -0.980. The van der Waals surface area contributed by atoms with E-state index in [2.05, 4.69) is 5.10 Å². The predicted octanol–water partition coefficient (Wildman–Crippen LogP) is 2.28. The molecule has 0 unspecified atom stereocenters. The van der Waals surface area contributed by atoms with Crippen molar-refractivity contribution in [1.82, 2.24) is 9.78 Å². The predicted molar refractivity (Wildman–Crippen MR) is 59.7 cm³/mol. The zero-order valence-corrected chi connectivity index (χ0v) is 9.05. The number of carboxylic acid groups (broad SMARTS) is 1. The van der Waals surface area contributed by atoms with E-state index in [0.717, 1.165) is 5.56 Å². The van der Waals surface area contributed by atoms with E-state index in [4.69, 9.17) is 16.7 Å². The molecule has 82 valence electrons. The molecular weight excluding hydrogens is 228 g/mol. The van der Waals surface area contributed by atoms with E-state index in [9.17, 15) is 4.79 Å². The molecule has 1 N–H and O–H groups in total. The van der Waals surface area contributed by atoms with Crippen molar-refractivity contribution >= 4 is 17.6 Å². The van der Waals surface area contributed by atoms with Crippen LogP contribution in [0.4, 0.5) is 0 Å². The Morgan fingerprint density at radius 3 is 2.62 bits per heavy atom. The number of hydrogen-bond donors (Lipinski definition) is 1. The fourth-order valence-electron chi connectivity index (χ4n) is 1.40. The molecule has 0 aliphatic rings. The summed E-state index contributed by atoms with van der Waals surface area (Å²) in [6.07, 6.45) is 1.47. The lowest BCUT2D eigenvalue weighted by Gasteiger charge is -2.04. The molecule has 0 bridgehead atoms. The molecule has 0 saturated heterocycles. The van der Waals surface area contributed by atoms with Crippen LogP contribution < -0.4 is 0 Å². The SMILES string of the molecule is O=C(O)c1ccnn1Cc1ccc(Cl)cc1. The number of hydrogen-bond acceptors (Lipinski definition) is 2. The lowest BCUT2D eigenvalue weighted by atomic mass is 10.2. The van der Waals surface area contributed by atoms with Gasteiger partial charge in [-0.05, 0) is 23.8 Å². The van der Waals surface area contributed by atoms with E-state index in [0.29, 0.717) is 11.6 Å². The maximum absolute atomic E-state index is 10.8. The van der Waals surface area contributed by atoms with Crippen LogP contribution in [-0.4, -0.2) is 20.9 Å². The van der Waals surface area contributed by atoms with Crippen molar-refractivity contribution in [3.63, 3.8) is 0 Å². The van der Waals surface area contributed by atoms with Crippen molar-refractivity contribution in [2.24, 2.45) is 0 Å². The van der Waals surface area contributed by atoms with Crippen LogP contribution >= 0.6 is 11.6 Å². The van der Waals surface area contributed by atoms with E-state index in [-0.39, 0.29) is 5.69 Å². The van der Waals surface area contributed by atoms with Gasteiger partial charge in [0.2, 0.25) is 0 Å². The topological polar surface area (TPSA) is 55.1 Å². The maximum Gasteiger partial charge on any atom is 0.354 e. The summed E-state index contributed by atoms with van der Waals surface area (Å²) in [5, 5.41) is 13.5. The summed E-state index contributed by atoms with van der Waals surface area (Å²) in [7, 11) is 0. The first-order valence-electron chi connectivity index (χ1n) is 4.66. The Kier molecular flexibility index (Phi) is 2.92. The average Bonchev–Trinajstić information content (AvgIpc) is 2.69. The third-order valence-electron chi connectivity index (χ3n) is 2.18. The lowest BCUT2D eigenvalue weighted by Crippen LogP contribution is -2.10. The molecule has 1 heterocycles. The number of aromatic carboxylic acids is 1. The van der Waals surface area contributed by atoms with Gasteiger partial charge in [0.1, 0.15) is 5.69 Å². The number of rotatable bonds is 3. The van der Waals surface area contributed by atoms with Crippen molar-refractivity contribution in [2.75, 3.05) is 0 Å². The Morgan fingerprint density at radius 1 is 1.31 bits per heavy atom. The van der Waals surface area contributed by atoms with Gasteiger partial charge in [-0.15, -0.1) is 0 Å². The van der Waals surface area contributed by atoms with Crippen molar-refractivity contribution in [3.05, 3.63) is 52.8 Å². The second-order valence-electron chi connectivity index (χ2n) is 3.31. The normalized spacial score (nSPS) is 10.3. The highest BCUT2D eigenvalue weighted by Gasteiger charge is 2.09. The molecule has 2 aromatic rings. The quantitative estimate of drug-likeness (QED) is 0.890. The molecule has 0 amide bonds. The molecule has 4 nitrogen and oxygen atoms in total. The van der Waals surface area contributed by atoms with E-state index in [1.807, 2.05) is 12.1 Å². The van der Waals surface area contributed by atoms with Gasteiger partial charge in [0.15, 0.2) is 0 Å². The number of halogens is 1. The molecule has 0 saturated carbocycles. The van der Waals surface area contributed by atoms with Crippen molar-refractivity contribution in [2.45, 2.75) is 6.54 Å². The third kappa shape index (κ3) is 2.23. The van der Waals surface area contributed by atoms with Crippen molar-refractivity contribution < 1.29 is 9.90 Å². The van der Waals surface area contributed by atoms with Gasteiger partial charge in [-0.2, -0.15) is 5.10 Å². The zero-order valence-electron chi connectivity index (χ0n) is 8.30. The molecule has 2 rings (SSSR count). The first-order valence-corrected chi connectivity index (χ1v) is 5.04. The molecule has 0 atom stereocenters. The Hall–Kier alpha value is -1.81. The summed E-state index contributed by atoms with van der Waals surface area (Å²) in [6.45, 7) is 0.422. The average molecular weight is 237 g/mol. The minimum absolute atomic E-state index is 0.176. The van der Waals surface area contributed by atoms with Gasteiger partial charge >= 0.3 is 5.97 Å². The maximum atomic E-state index is 10.8. The number of carboxylic acids is 1. The first-order chi connectivity index (χ1) is 7.66. The van der Waals surface area contributed by atoms with E-state index in [1.165, 1.54) is 16.9 Å². The standard InChI is InChI=1S/C11H9ClN2O2/c12-9-3-1-8(2-4-9)7-14-10(11(15)16)5-6-13-14/h1-6H,7H2,(H,15,16). The van der Waals surface area contributed by atoms with Gasteiger partial charge in [0.25, 0.3) is 0 Å². The van der Waals surface area contributed by atoms with Gasteiger partial charge in [0.05, 0.1) is 6.54 Å². The highest BCUT2D eigenvalue weighted by atomic mass is 35.5. The first kappa shape index (κ1) is 10.7. The van der Waals surface area contributed by atoms with Crippen LogP contribution in [0.3, 0.4) is 0 Å². The fourth-order valence-corrected chi connectivity index (χ4v) is 1.53. The highest BCUT2D eigenvalue weighted by Crippen LogP contribution is 2.11. The zero-order chi connectivity index (χ0) is 11.5. The van der Waals surface area contributed by atoms with Gasteiger partial charge in [-0.1, -0.05) is 23.7 Å². The van der Waals surface area contributed by atoms with E-state index in [1.54, 1.807) is 12.1 Å². The summed E-state index contributed by atoms with van der Waals surface area (Å²) in [5.74, 6) is -0.980. The van der Waals surface area contributed by atoms with Crippen LogP contribution in [0.15, 0.2) is 36.5 Å². The molecule has 1 aromatic heterocycles. The van der Waals surface area contributed by atoms with Crippen LogP contribution in [0.1, 0.15) is 16.1 Å². The number of nitrogens with zero attached hydrogens (tertiary/aromatic N) is 2. The molecule has 0 aliphatic heterocycles.